The zero-order valence-corrected chi connectivity index (χ0v) is 22.7. The standard InChI is InChI=1S/C29H33N3O5S/c1-20-10-11-21(2)27(17-20)32(38(3,35)36)19-22-12-14-23(15-13-22)28(33)31-26-9-5-4-8-25(26)29(34)30-18-24-7-6-16-37-24/h4-5,8-15,17,24H,6-7,16,18-19H2,1-3H3,(H,30,34)(H,31,33). The molecule has 0 saturated carbocycles. The van der Waals surface area contributed by atoms with Gasteiger partial charge in [-0.25, -0.2) is 8.42 Å². The Bertz CT molecular complexity index is 1410. The Morgan fingerprint density at radius 2 is 1.74 bits per heavy atom. The summed E-state index contributed by atoms with van der Waals surface area (Å²) in [5.41, 5.74) is 4.35. The van der Waals surface area contributed by atoms with Crippen LogP contribution in [0, 0.1) is 13.8 Å². The van der Waals surface area contributed by atoms with Crippen LogP contribution in [0.2, 0.25) is 0 Å². The van der Waals surface area contributed by atoms with Crippen molar-refractivity contribution in [1.82, 2.24) is 5.32 Å². The van der Waals surface area contributed by atoms with Gasteiger partial charge in [-0.2, -0.15) is 0 Å². The molecule has 38 heavy (non-hydrogen) atoms. The summed E-state index contributed by atoms with van der Waals surface area (Å²) in [5.74, 6) is -0.649. The van der Waals surface area contributed by atoms with Gasteiger partial charge in [-0.1, -0.05) is 36.4 Å². The maximum absolute atomic E-state index is 13.0. The third kappa shape index (κ3) is 6.79. The molecule has 8 nitrogen and oxygen atoms in total. The van der Waals surface area contributed by atoms with Crippen LogP contribution < -0.4 is 14.9 Å². The molecule has 9 heteroatoms. The highest BCUT2D eigenvalue weighted by molar-refractivity contribution is 7.92. The minimum absolute atomic E-state index is 0.0210. The molecule has 2 amide bonds. The second-order valence-corrected chi connectivity index (χ2v) is 11.5. The number of anilines is 2. The molecule has 0 radical (unpaired) electrons. The lowest BCUT2D eigenvalue weighted by Gasteiger charge is -2.25. The number of para-hydroxylation sites is 1. The molecule has 3 aromatic carbocycles. The van der Waals surface area contributed by atoms with E-state index in [2.05, 4.69) is 10.6 Å². The third-order valence-electron chi connectivity index (χ3n) is 6.51. The fourth-order valence-electron chi connectivity index (χ4n) is 4.39. The molecule has 1 aliphatic rings. The van der Waals surface area contributed by atoms with Gasteiger partial charge < -0.3 is 15.4 Å². The SMILES string of the molecule is Cc1ccc(C)c(N(Cc2ccc(C(=O)Nc3ccccc3C(=O)NCC3CCCO3)cc2)S(C)(=O)=O)c1. The molecular weight excluding hydrogens is 502 g/mol. The Balaban J connectivity index is 1.45. The van der Waals surface area contributed by atoms with Crippen LogP contribution in [0.4, 0.5) is 11.4 Å². The molecule has 1 atom stereocenters. The largest absolute Gasteiger partial charge is 0.376 e. The van der Waals surface area contributed by atoms with Gasteiger partial charge in [-0.05, 0) is 73.7 Å². The van der Waals surface area contributed by atoms with Crippen molar-refractivity contribution in [1.29, 1.82) is 0 Å². The lowest BCUT2D eigenvalue weighted by Crippen LogP contribution is -2.32. The van der Waals surface area contributed by atoms with Gasteiger partial charge >= 0.3 is 0 Å². The molecule has 1 saturated heterocycles. The van der Waals surface area contributed by atoms with Crippen LogP contribution in [0.15, 0.2) is 66.7 Å². The third-order valence-corrected chi connectivity index (χ3v) is 7.64. The van der Waals surface area contributed by atoms with Crippen molar-refractivity contribution < 1.29 is 22.7 Å². The van der Waals surface area contributed by atoms with Crippen molar-refractivity contribution in [3.8, 4) is 0 Å². The van der Waals surface area contributed by atoms with Crippen molar-refractivity contribution in [3.63, 3.8) is 0 Å². The predicted molar refractivity (Wildman–Crippen MR) is 149 cm³/mol. The first kappa shape index (κ1) is 27.3. The van der Waals surface area contributed by atoms with Crippen LogP contribution in [0.1, 0.15) is 50.2 Å². The first-order valence-electron chi connectivity index (χ1n) is 12.6. The predicted octanol–water partition coefficient (Wildman–Crippen LogP) is 4.43. The van der Waals surface area contributed by atoms with E-state index in [4.69, 9.17) is 4.74 Å². The van der Waals surface area contributed by atoms with Crippen molar-refractivity contribution in [2.75, 3.05) is 29.0 Å². The summed E-state index contributed by atoms with van der Waals surface area (Å²) in [7, 11) is -3.54. The molecular formula is C29H33N3O5S. The summed E-state index contributed by atoms with van der Waals surface area (Å²) < 4.78 is 32.1. The van der Waals surface area contributed by atoms with Crippen LogP contribution in [0.25, 0.3) is 0 Å². The lowest BCUT2D eigenvalue weighted by atomic mass is 10.1. The number of nitrogens with one attached hydrogen (secondary N) is 2. The number of benzene rings is 3. The number of rotatable bonds is 9. The molecule has 0 spiro atoms. The Morgan fingerprint density at radius 1 is 1.00 bits per heavy atom. The Hall–Kier alpha value is -3.69. The van der Waals surface area contributed by atoms with Gasteiger partial charge in [0, 0.05) is 18.7 Å². The molecule has 1 aliphatic heterocycles. The maximum atomic E-state index is 13.0. The van der Waals surface area contributed by atoms with E-state index in [0.717, 1.165) is 29.5 Å². The molecule has 2 N–H and O–H groups in total. The smallest absolute Gasteiger partial charge is 0.255 e. The van der Waals surface area contributed by atoms with E-state index < -0.39 is 10.0 Å². The monoisotopic (exact) mass is 535 g/mol. The van der Waals surface area contributed by atoms with E-state index in [1.165, 1.54) is 10.6 Å². The van der Waals surface area contributed by atoms with Crippen molar-refractivity contribution in [2.24, 2.45) is 0 Å². The Labute approximate surface area is 224 Å². The minimum atomic E-state index is -3.54. The van der Waals surface area contributed by atoms with Crippen molar-refractivity contribution >= 4 is 33.2 Å². The number of carbonyl (C=O) groups excluding carboxylic acids is 2. The fraction of sp³-hybridized carbons (Fsp3) is 0.310. The van der Waals surface area contributed by atoms with Gasteiger partial charge in [-0.3, -0.25) is 13.9 Å². The van der Waals surface area contributed by atoms with E-state index in [0.29, 0.717) is 35.7 Å². The van der Waals surface area contributed by atoms with Crippen LogP contribution in [0.5, 0.6) is 0 Å². The van der Waals surface area contributed by atoms with E-state index in [1.54, 1.807) is 48.5 Å². The summed E-state index contributed by atoms with van der Waals surface area (Å²) in [4.78, 5) is 25.7. The normalized spacial score (nSPS) is 15.2. The number of ether oxygens (including phenoxy) is 1. The number of hydrogen-bond acceptors (Lipinski definition) is 5. The topological polar surface area (TPSA) is 105 Å². The Kier molecular flexibility index (Phi) is 8.48. The summed E-state index contributed by atoms with van der Waals surface area (Å²) in [6.07, 6.45) is 3.11. The minimum Gasteiger partial charge on any atom is -0.376 e. The number of amides is 2. The number of carbonyl (C=O) groups is 2. The van der Waals surface area contributed by atoms with Gasteiger partial charge in [0.2, 0.25) is 10.0 Å². The molecule has 200 valence electrons. The molecule has 3 aromatic rings. The van der Waals surface area contributed by atoms with Gasteiger partial charge in [0.1, 0.15) is 0 Å². The molecule has 0 aliphatic carbocycles. The van der Waals surface area contributed by atoms with Crippen LogP contribution >= 0.6 is 0 Å². The summed E-state index contributed by atoms with van der Waals surface area (Å²) >= 11 is 0. The molecule has 0 aromatic heterocycles. The van der Waals surface area contributed by atoms with E-state index in [1.807, 2.05) is 32.0 Å². The fourth-order valence-corrected chi connectivity index (χ4v) is 5.33. The van der Waals surface area contributed by atoms with Gasteiger partial charge in [0.15, 0.2) is 0 Å². The highest BCUT2D eigenvalue weighted by Crippen LogP contribution is 2.26. The highest BCUT2D eigenvalue weighted by atomic mass is 32.2. The van der Waals surface area contributed by atoms with Gasteiger partial charge in [0.05, 0.1) is 35.8 Å². The second kappa shape index (κ2) is 11.8. The quantitative estimate of drug-likeness (QED) is 0.422. The zero-order chi connectivity index (χ0) is 27.3. The average molecular weight is 536 g/mol. The van der Waals surface area contributed by atoms with Crippen LogP contribution in [0.3, 0.4) is 0 Å². The summed E-state index contributed by atoms with van der Waals surface area (Å²) in [5, 5.41) is 5.71. The lowest BCUT2D eigenvalue weighted by molar-refractivity contribution is 0.0858. The maximum Gasteiger partial charge on any atom is 0.255 e. The Morgan fingerprint density at radius 3 is 2.42 bits per heavy atom. The average Bonchev–Trinajstić information content (AvgIpc) is 3.41. The zero-order valence-electron chi connectivity index (χ0n) is 21.9. The molecule has 4 rings (SSSR count). The summed E-state index contributed by atoms with van der Waals surface area (Å²) in [6.45, 7) is 5.07. The molecule has 0 bridgehead atoms. The van der Waals surface area contributed by atoms with Crippen LogP contribution in [-0.4, -0.2) is 45.7 Å². The van der Waals surface area contributed by atoms with Gasteiger partial charge in [-0.15, -0.1) is 0 Å². The van der Waals surface area contributed by atoms with E-state index in [-0.39, 0.29) is 24.5 Å². The number of hydrogen-bond donors (Lipinski definition) is 2. The van der Waals surface area contributed by atoms with Gasteiger partial charge in [0.25, 0.3) is 11.8 Å². The second-order valence-electron chi connectivity index (χ2n) is 9.60. The number of sulfonamides is 1. The van der Waals surface area contributed by atoms with Crippen molar-refractivity contribution in [2.45, 2.75) is 39.3 Å². The number of aryl methyl sites for hydroxylation is 2. The highest BCUT2D eigenvalue weighted by Gasteiger charge is 2.21. The van der Waals surface area contributed by atoms with E-state index >= 15 is 0 Å². The molecule has 1 fully saturated rings. The molecule has 1 heterocycles. The number of nitrogens with zero attached hydrogens (tertiary/aromatic N) is 1. The first-order valence-corrected chi connectivity index (χ1v) is 14.4. The summed E-state index contributed by atoms with van der Waals surface area (Å²) in [6, 6.07) is 19.3. The first-order chi connectivity index (χ1) is 18.1. The van der Waals surface area contributed by atoms with Crippen molar-refractivity contribution in [3.05, 3.63) is 94.5 Å². The van der Waals surface area contributed by atoms with E-state index in [9.17, 15) is 18.0 Å². The molecule has 1 unspecified atom stereocenters. The van der Waals surface area contributed by atoms with Crippen LogP contribution in [-0.2, 0) is 21.3 Å².